The number of nitrogens with one attached hydrogen (secondary N) is 1. The van der Waals surface area contributed by atoms with Crippen LogP contribution in [-0.2, 0) is 14.3 Å². The van der Waals surface area contributed by atoms with Crippen molar-refractivity contribution in [1.29, 1.82) is 0 Å². The van der Waals surface area contributed by atoms with Crippen molar-refractivity contribution in [1.82, 2.24) is 5.32 Å². The van der Waals surface area contributed by atoms with Gasteiger partial charge in [0.25, 0.3) is 5.69 Å². The fourth-order valence-electron chi connectivity index (χ4n) is 5.04. The molecule has 0 spiro atoms. The third-order valence-corrected chi connectivity index (χ3v) is 7.79. The number of hydrogen-bond donors (Lipinski definition) is 1. The lowest BCUT2D eigenvalue weighted by molar-refractivity contribution is -0.384. The molecule has 5 rings (SSSR count). The number of esters is 1. The molecule has 1 N–H and O–H groups in total. The maximum atomic E-state index is 13.6. The standard InChI is InChI=1S/C29H26N2O6S/c1-18-26(29(33)37-14-13-36-22-6-3-2-4-7-22)27(19-9-11-21(12-10-19)31(34)35)28-23(30-18)16-20(17-24(28)32)25-8-5-15-38-25/h2-12,15,20,27,30H,13-14,16-17H2,1H3/t20-,27-/m1/s1. The Bertz CT molecular complexity index is 1410. The molecule has 2 heterocycles. The number of dihydropyridines is 1. The van der Waals surface area contributed by atoms with Gasteiger partial charge in [0, 0.05) is 52.2 Å². The molecule has 0 bridgehead atoms. The van der Waals surface area contributed by atoms with Crippen LogP contribution in [0.1, 0.15) is 42.0 Å². The number of ketones is 1. The van der Waals surface area contributed by atoms with Gasteiger partial charge in [-0.1, -0.05) is 36.4 Å². The number of allylic oxidation sites excluding steroid dienone is 3. The summed E-state index contributed by atoms with van der Waals surface area (Å²) in [6.07, 6.45) is 0.965. The van der Waals surface area contributed by atoms with Crippen molar-refractivity contribution in [2.24, 2.45) is 0 Å². The van der Waals surface area contributed by atoms with Gasteiger partial charge in [0.2, 0.25) is 0 Å². The normalized spacial score (nSPS) is 19.0. The van der Waals surface area contributed by atoms with Crippen LogP contribution in [0.5, 0.6) is 5.75 Å². The number of nitrogens with zero attached hydrogens (tertiary/aromatic N) is 1. The van der Waals surface area contributed by atoms with Gasteiger partial charge in [-0.25, -0.2) is 4.79 Å². The topological polar surface area (TPSA) is 108 Å². The molecule has 1 aromatic heterocycles. The number of nitro benzene ring substituents is 1. The van der Waals surface area contributed by atoms with Gasteiger partial charge in [0.05, 0.1) is 10.5 Å². The summed E-state index contributed by atoms with van der Waals surface area (Å²) in [5, 5.41) is 16.5. The Hall–Kier alpha value is -4.24. The molecule has 1 aliphatic heterocycles. The van der Waals surface area contributed by atoms with Crippen LogP contribution in [0.3, 0.4) is 0 Å². The number of ether oxygens (including phenoxy) is 2. The molecule has 194 valence electrons. The van der Waals surface area contributed by atoms with Crippen LogP contribution in [0, 0.1) is 10.1 Å². The Morgan fingerprint density at radius 1 is 1.05 bits per heavy atom. The number of Topliss-reactive ketones (excluding diaryl/α,β-unsaturated/α-hetero) is 1. The summed E-state index contributed by atoms with van der Waals surface area (Å²) in [5.74, 6) is -0.570. The van der Waals surface area contributed by atoms with Gasteiger partial charge < -0.3 is 14.8 Å². The molecule has 2 aliphatic rings. The van der Waals surface area contributed by atoms with Crippen LogP contribution in [0.4, 0.5) is 5.69 Å². The van der Waals surface area contributed by atoms with Gasteiger partial charge in [0.15, 0.2) is 5.78 Å². The van der Waals surface area contributed by atoms with Crippen LogP contribution < -0.4 is 10.1 Å². The van der Waals surface area contributed by atoms with Gasteiger partial charge in [0.1, 0.15) is 19.0 Å². The first-order chi connectivity index (χ1) is 18.4. The molecule has 0 saturated heterocycles. The van der Waals surface area contributed by atoms with Crippen molar-refractivity contribution < 1.29 is 24.0 Å². The van der Waals surface area contributed by atoms with Crippen LogP contribution in [0.15, 0.2) is 94.7 Å². The van der Waals surface area contributed by atoms with E-state index in [-0.39, 0.29) is 30.6 Å². The molecule has 0 fully saturated rings. The number of non-ortho nitro benzene ring substituents is 1. The number of hydrogen-bond acceptors (Lipinski definition) is 8. The molecule has 2 atom stereocenters. The predicted octanol–water partition coefficient (Wildman–Crippen LogP) is 5.64. The highest BCUT2D eigenvalue weighted by Crippen LogP contribution is 2.46. The molecule has 9 heteroatoms. The Morgan fingerprint density at radius 3 is 2.50 bits per heavy atom. The summed E-state index contributed by atoms with van der Waals surface area (Å²) >= 11 is 1.62. The first-order valence-electron chi connectivity index (χ1n) is 12.3. The molecule has 3 aromatic rings. The highest BCUT2D eigenvalue weighted by atomic mass is 32.1. The molecule has 0 unspecified atom stereocenters. The molecular weight excluding hydrogens is 504 g/mol. The summed E-state index contributed by atoms with van der Waals surface area (Å²) in [7, 11) is 0. The molecule has 0 saturated carbocycles. The van der Waals surface area contributed by atoms with Crippen molar-refractivity contribution in [3.05, 3.63) is 115 Å². The lowest BCUT2D eigenvalue weighted by Gasteiger charge is -2.36. The van der Waals surface area contributed by atoms with Crippen LogP contribution in [0.25, 0.3) is 0 Å². The second kappa shape index (κ2) is 11.0. The fourth-order valence-corrected chi connectivity index (χ4v) is 5.88. The second-order valence-electron chi connectivity index (χ2n) is 9.18. The van der Waals surface area contributed by atoms with Crippen molar-refractivity contribution in [3.63, 3.8) is 0 Å². The largest absolute Gasteiger partial charge is 0.490 e. The third kappa shape index (κ3) is 5.24. The zero-order chi connectivity index (χ0) is 26.6. The predicted molar refractivity (Wildman–Crippen MR) is 143 cm³/mol. The fraction of sp³-hybridized carbons (Fsp3) is 0.241. The van der Waals surface area contributed by atoms with E-state index >= 15 is 0 Å². The van der Waals surface area contributed by atoms with E-state index in [0.717, 1.165) is 10.6 Å². The average Bonchev–Trinajstić information content (AvgIpc) is 3.46. The maximum absolute atomic E-state index is 13.6. The van der Waals surface area contributed by atoms with Crippen molar-refractivity contribution in [3.8, 4) is 5.75 Å². The van der Waals surface area contributed by atoms with Gasteiger partial charge in [-0.2, -0.15) is 0 Å². The van der Waals surface area contributed by atoms with Gasteiger partial charge >= 0.3 is 5.97 Å². The smallest absolute Gasteiger partial charge is 0.336 e. The molecular formula is C29H26N2O6S. The quantitative estimate of drug-likeness (QED) is 0.174. The van der Waals surface area contributed by atoms with E-state index in [1.54, 1.807) is 30.4 Å². The third-order valence-electron chi connectivity index (χ3n) is 6.76. The number of carbonyl (C=O) groups is 2. The van der Waals surface area contributed by atoms with E-state index in [1.165, 1.54) is 12.1 Å². The molecule has 8 nitrogen and oxygen atoms in total. The van der Waals surface area contributed by atoms with Crippen LogP contribution in [-0.4, -0.2) is 29.9 Å². The number of rotatable bonds is 8. The van der Waals surface area contributed by atoms with Gasteiger partial charge in [-0.3, -0.25) is 14.9 Å². The molecule has 0 amide bonds. The molecule has 38 heavy (non-hydrogen) atoms. The molecule has 0 radical (unpaired) electrons. The molecule has 2 aromatic carbocycles. The lowest BCUT2D eigenvalue weighted by atomic mass is 9.72. The highest BCUT2D eigenvalue weighted by molar-refractivity contribution is 7.10. The van der Waals surface area contributed by atoms with Gasteiger partial charge in [-0.05, 0) is 42.5 Å². The lowest BCUT2D eigenvalue weighted by Crippen LogP contribution is -2.36. The summed E-state index contributed by atoms with van der Waals surface area (Å²) in [5.41, 5.74) is 2.78. The first-order valence-corrected chi connectivity index (χ1v) is 13.2. The van der Waals surface area contributed by atoms with Crippen LogP contribution >= 0.6 is 11.3 Å². The second-order valence-corrected chi connectivity index (χ2v) is 10.2. The van der Waals surface area contributed by atoms with Crippen molar-refractivity contribution >= 4 is 28.8 Å². The minimum atomic E-state index is -0.689. The van der Waals surface area contributed by atoms with E-state index in [9.17, 15) is 19.7 Å². The van der Waals surface area contributed by atoms with E-state index in [0.29, 0.717) is 41.0 Å². The van der Waals surface area contributed by atoms with Crippen molar-refractivity contribution in [2.45, 2.75) is 31.6 Å². The van der Waals surface area contributed by atoms with Crippen LogP contribution in [0.2, 0.25) is 0 Å². The first kappa shape index (κ1) is 25.4. The Balaban J connectivity index is 1.43. The summed E-state index contributed by atoms with van der Waals surface area (Å²) < 4.78 is 11.2. The zero-order valence-electron chi connectivity index (χ0n) is 20.7. The Morgan fingerprint density at radius 2 is 1.82 bits per heavy atom. The number of para-hydroxylation sites is 1. The number of thiophene rings is 1. The minimum Gasteiger partial charge on any atom is -0.490 e. The highest BCUT2D eigenvalue weighted by Gasteiger charge is 2.41. The SMILES string of the molecule is CC1=C(C(=O)OCCOc2ccccc2)[C@@H](c2ccc([N+](=O)[O-])cc2)C2=C(C[C@@H](c3cccs3)CC2=O)N1. The number of benzene rings is 2. The number of carbonyl (C=O) groups excluding carboxylic acids is 2. The Kier molecular flexibility index (Phi) is 7.37. The average molecular weight is 531 g/mol. The Labute approximate surface area is 223 Å². The summed E-state index contributed by atoms with van der Waals surface area (Å²) in [6, 6.07) is 19.2. The number of nitro groups is 1. The van der Waals surface area contributed by atoms with E-state index in [1.807, 2.05) is 47.8 Å². The summed E-state index contributed by atoms with van der Waals surface area (Å²) in [6.45, 7) is 1.99. The van der Waals surface area contributed by atoms with E-state index < -0.39 is 16.8 Å². The van der Waals surface area contributed by atoms with Crippen molar-refractivity contribution in [2.75, 3.05) is 13.2 Å². The van der Waals surface area contributed by atoms with E-state index in [2.05, 4.69) is 5.32 Å². The zero-order valence-corrected chi connectivity index (χ0v) is 21.5. The van der Waals surface area contributed by atoms with Gasteiger partial charge in [-0.15, -0.1) is 11.3 Å². The minimum absolute atomic E-state index is 0.0256. The maximum Gasteiger partial charge on any atom is 0.336 e. The monoisotopic (exact) mass is 530 g/mol. The summed E-state index contributed by atoms with van der Waals surface area (Å²) in [4.78, 5) is 38.9. The molecule has 1 aliphatic carbocycles. The van der Waals surface area contributed by atoms with E-state index in [4.69, 9.17) is 9.47 Å².